The molecule has 0 N–H and O–H groups in total. The fourth-order valence-electron chi connectivity index (χ4n) is 4.73. The van der Waals surface area contributed by atoms with Gasteiger partial charge in [0, 0.05) is 23.2 Å². The van der Waals surface area contributed by atoms with Gasteiger partial charge in [0.15, 0.2) is 28.8 Å². The number of carbonyl (C=O) groups excluding carboxylic acids is 1. The summed E-state index contributed by atoms with van der Waals surface area (Å²) in [6.45, 7) is 0. The molecule has 0 amide bonds. The molecule has 2 saturated heterocycles. The van der Waals surface area contributed by atoms with Crippen molar-refractivity contribution in [2.75, 3.05) is 35.5 Å². The Hall–Kier alpha value is -3.25. The zero-order chi connectivity index (χ0) is 22.8. The molecular weight excluding hydrogens is 406 g/mol. The number of nitrogens with zero attached hydrogens (tertiary/aromatic N) is 1. The van der Waals surface area contributed by atoms with Crippen LogP contribution in [0.5, 0.6) is 23.0 Å². The summed E-state index contributed by atoms with van der Waals surface area (Å²) in [7, 11) is 8.54. The molecule has 2 unspecified atom stereocenters. The van der Waals surface area contributed by atoms with Gasteiger partial charge in [0.25, 0.3) is 0 Å². The van der Waals surface area contributed by atoms with Crippen LogP contribution in [0, 0.1) is 0 Å². The predicted molar refractivity (Wildman–Crippen MR) is 125 cm³/mol. The van der Waals surface area contributed by atoms with E-state index in [1.807, 2.05) is 48.6 Å². The second-order valence-corrected chi connectivity index (χ2v) is 8.03. The van der Waals surface area contributed by atoms with Crippen molar-refractivity contribution in [1.82, 2.24) is 4.90 Å². The van der Waals surface area contributed by atoms with Crippen LogP contribution in [-0.4, -0.2) is 58.3 Å². The fourth-order valence-corrected chi connectivity index (χ4v) is 4.73. The summed E-state index contributed by atoms with van der Waals surface area (Å²) >= 11 is 0. The van der Waals surface area contributed by atoms with Crippen molar-refractivity contribution in [3.8, 4) is 23.0 Å². The predicted octanol–water partition coefficient (Wildman–Crippen LogP) is 4.23. The van der Waals surface area contributed by atoms with Crippen molar-refractivity contribution in [1.29, 1.82) is 0 Å². The van der Waals surface area contributed by atoms with Gasteiger partial charge >= 0.3 is 0 Å². The van der Waals surface area contributed by atoms with Gasteiger partial charge in [-0.15, -0.1) is 0 Å². The normalized spacial score (nSPS) is 23.0. The van der Waals surface area contributed by atoms with Crippen molar-refractivity contribution in [3.05, 3.63) is 58.7 Å². The molecule has 0 aromatic heterocycles. The molecule has 32 heavy (non-hydrogen) atoms. The lowest BCUT2D eigenvalue weighted by Crippen LogP contribution is -2.43. The van der Waals surface area contributed by atoms with E-state index in [4.69, 9.17) is 18.9 Å². The van der Waals surface area contributed by atoms with Crippen molar-refractivity contribution < 1.29 is 23.7 Å². The maximum absolute atomic E-state index is 13.6. The van der Waals surface area contributed by atoms with E-state index < -0.39 is 0 Å². The first-order valence-corrected chi connectivity index (χ1v) is 10.6. The minimum atomic E-state index is 0.0974. The van der Waals surface area contributed by atoms with E-state index in [0.717, 1.165) is 35.1 Å². The fraction of sp³-hybridized carbons (Fsp3) is 0.346. The van der Waals surface area contributed by atoms with Gasteiger partial charge in [0.1, 0.15) is 0 Å². The van der Waals surface area contributed by atoms with Crippen molar-refractivity contribution >= 4 is 17.9 Å². The summed E-state index contributed by atoms with van der Waals surface area (Å²) in [5.74, 6) is 2.71. The number of Topliss-reactive ketones (excluding diaryl/α,β-unsaturated/α-hetero) is 1. The smallest absolute Gasteiger partial charge is 0.188 e. The molecule has 2 aromatic rings. The summed E-state index contributed by atoms with van der Waals surface area (Å²) in [4.78, 5) is 15.9. The number of methoxy groups -OCH3 is 4. The first-order chi connectivity index (χ1) is 15.5. The third-order valence-electron chi connectivity index (χ3n) is 6.40. The summed E-state index contributed by atoms with van der Waals surface area (Å²) in [5.41, 5.74) is 3.44. The molecule has 0 saturated carbocycles. The maximum Gasteiger partial charge on any atom is 0.188 e. The van der Waals surface area contributed by atoms with Crippen LogP contribution in [0.15, 0.2) is 47.5 Å². The Kier molecular flexibility index (Phi) is 6.24. The number of hydrogen-bond donors (Lipinski definition) is 0. The number of ketones is 1. The average molecular weight is 436 g/mol. The number of ether oxygens (including phenoxy) is 4. The summed E-state index contributed by atoms with van der Waals surface area (Å²) < 4.78 is 21.5. The number of fused-ring (bicyclic) bond motifs is 2. The Bertz CT molecular complexity index is 1000. The second-order valence-electron chi connectivity index (χ2n) is 8.03. The number of piperidine rings is 1. The molecule has 0 radical (unpaired) electrons. The Morgan fingerprint density at radius 2 is 1.12 bits per heavy atom. The lowest BCUT2D eigenvalue weighted by molar-refractivity contribution is -0.114. The van der Waals surface area contributed by atoms with Gasteiger partial charge in [-0.1, -0.05) is 12.1 Å². The average Bonchev–Trinajstić information content (AvgIpc) is 3.14. The van der Waals surface area contributed by atoms with Crippen molar-refractivity contribution in [2.45, 2.75) is 24.9 Å². The maximum atomic E-state index is 13.6. The Morgan fingerprint density at radius 1 is 0.719 bits per heavy atom. The zero-order valence-electron chi connectivity index (χ0n) is 19.2. The highest BCUT2D eigenvalue weighted by molar-refractivity contribution is 6.16. The Morgan fingerprint density at radius 3 is 1.50 bits per heavy atom. The topological polar surface area (TPSA) is 57.2 Å². The molecule has 0 spiro atoms. The highest BCUT2D eigenvalue weighted by Gasteiger charge is 2.44. The van der Waals surface area contributed by atoms with Crippen LogP contribution in [0.25, 0.3) is 12.2 Å². The Labute approximate surface area is 189 Å². The molecule has 2 fully saturated rings. The molecule has 4 rings (SSSR count). The van der Waals surface area contributed by atoms with Crippen molar-refractivity contribution in [2.24, 2.45) is 0 Å². The first kappa shape index (κ1) is 22.0. The van der Waals surface area contributed by atoms with Gasteiger partial charge in [0.05, 0.1) is 28.4 Å². The van der Waals surface area contributed by atoms with Crippen LogP contribution in [0.3, 0.4) is 0 Å². The van der Waals surface area contributed by atoms with Crippen LogP contribution >= 0.6 is 0 Å². The van der Waals surface area contributed by atoms with Gasteiger partial charge in [-0.05, 0) is 67.4 Å². The highest BCUT2D eigenvalue weighted by Crippen LogP contribution is 2.41. The van der Waals surface area contributed by atoms with Gasteiger partial charge in [-0.3, -0.25) is 9.69 Å². The lowest BCUT2D eigenvalue weighted by atomic mass is 9.88. The molecule has 2 bridgehead atoms. The third kappa shape index (κ3) is 3.86. The molecule has 168 valence electrons. The van der Waals surface area contributed by atoms with Gasteiger partial charge in [0.2, 0.25) is 0 Å². The monoisotopic (exact) mass is 435 g/mol. The first-order valence-electron chi connectivity index (χ1n) is 10.6. The van der Waals surface area contributed by atoms with Gasteiger partial charge in [-0.25, -0.2) is 0 Å². The Balaban J connectivity index is 1.74. The van der Waals surface area contributed by atoms with Gasteiger partial charge in [-0.2, -0.15) is 0 Å². The van der Waals surface area contributed by atoms with E-state index in [-0.39, 0.29) is 17.9 Å². The van der Waals surface area contributed by atoms with Crippen LogP contribution in [0.4, 0.5) is 0 Å². The molecule has 2 atom stereocenters. The number of benzene rings is 2. The minimum Gasteiger partial charge on any atom is -0.493 e. The lowest BCUT2D eigenvalue weighted by Gasteiger charge is -2.34. The molecule has 2 aliphatic rings. The SMILES string of the molecule is COc1ccc(C=C2C(=O)C(=Cc3ccc(OC)c(OC)c3)C3CCC2N3C)cc1OC. The number of hydrogen-bond acceptors (Lipinski definition) is 6. The summed E-state index contributed by atoms with van der Waals surface area (Å²) in [6, 6.07) is 11.6. The number of carbonyl (C=O) groups is 1. The molecule has 2 aromatic carbocycles. The summed E-state index contributed by atoms with van der Waals surface area (Å²) in [5, 5.41) is 0. The van der Waals surface area contributed by atoms with E-state index in [0.29, 0.717) is 23.0 Å². The van der Waals surface area contributed by atoms with Crippen LogP contribution < -0.4 is 18.9 Å². The van der Waals surface area contributed by atoms with E-state index in [9.17, 15) is 4.79 Å². The van der Waals surface area contributed by atoms with E-state index in [2.05, 4.69) is 11.9 Å². The molecule has 2 heterocycles. The van der Waals surface area contributed by atoms with Crippen molar-refractivity contribution in [3.63, 3.8) is 0 Å². The number of rotatable bonds is 6. The zero-order valence-corrected chi connectivity index (χ0v) is 19.2. The molecular formula is C26H29NO5. The van der Waals surface area contributed by atoms with Crippen LogP contribution in [0.1, 0.15) is 24.0 Å². The number of likely N-dealkylation sites (N-methyl/N-ethyl adjacent to an activating group) is 1. The largest absolute Gasteiger partial charge is 0.493 e. The standard InChI is InChI=1S/C26H29NO5/c1-27-20-8-9-21(27)19(13-17-7-11-23(30-3)25(15-17)32-5)26(28)18(20)12-16-6-10-22(29-2)24(14-16)31-4/h6-7,10-15,20-21H,8-9H2,1-5H3. The van der Waals surface area contributed by atoms with Crippen LogP contribution in [-0.2, 0) is 4.79 Å². The molecule has 0 aliphatic carbocycles. The summed E-state index contributed by atoms with van der Waals surface area (Å²) in [6.07, 6.45) is 5.87. The van der Waals surface area contributed by atoms with Crippen LogP contribution in [0.2, 0.25) is 0 Å². The molecule has 2 aliphatic heterocycles. The van der Waals surface area contributed by atoms with E-state index in [1.165, 1.54) is 0 Å². The van der Waals surface area contributed by atoms with E-state index >= 15 is 0 Å². The second kappa shape index (κ2) is 9.09. The van der Waals surface area contributed by atoms with E-state index in [1.54, 1.807) is 28.4 Å². The third-order valence-corrected chi connectivity index (χ3v) is 6.40. The minimum absolute atomic E-state index is 0.0974. The highest BCUT2D eigenvalue weighted by atomic mass is 16.5. The molecule has 6 heteroatoms. The molecule has 6 nitrogen and oxygen atoms in total. The van der Waals surface area contributed by atoms with Gasteiger partial charge < -0.3 is 18.9 Å². The quantitative estimate of drug-likeness (QED) is 0.633.